The summed E-state index contributed by atoms with van der Waals surface area (Å²) in [7, 11) is 0. The minimum Gasteiger partial charge on any atom is -0.488 e. The highest BCUT2D eigenvalue weighted by molar-refractivity contribution is 5.27. The largest absolute Gasteiger partial charge is 0.488 e. The van der Waals surface area contributed by atoms with E-state index in [-0.39, 0.29) is 5.60 Å². The summed E-state index contributed by atoms with van der Waals surface area (Å²) in [6.45, 7) is 4.35. The molecule has 1 saturated carbocycles. The van der Waals surface area contributed by atoms with Crippen LogP contribution in [0, 0.1) is 6.92 Å². The van der Waals surface area contributed by atoms with Crippen molar-refractivity contribution < 1.29 is 4.74 Å². The third-order valence-electron chi connectivity index (χ3n) is 3.30. The van der Waals surface area contributed by atoms with Gasteiger partial charge in [-0.05, 0) is 51.7 Å². The first kappa shape index (κ1) is 10.5. The minimum atomic E-state index is 0.0769. The Morgan fingerprint density at radius 2 is 1.60 bits per heavy atom. The molecule has 0 heterocycles. The van der Waals surface area contributed by atoms with Crippen LogP contribution in [0.1, 0.15) is 44.6 Å². The van der Waals surface area contributed by atoms with Crippen molar-refractivity contribution in [2.24, 2.45) is 0 Å². The van der Waals surface area contributed by atoms with Crippen LogP contribution in [0.2, 0.25) is 0 Å². The predicted molar refractivity (Wildman–Crippen MR) is 63.3 cm³/mol. The number of ether oxygens (including phenoxy) is 1. The van der Waals surface area contributed by atoms with Gasteiger partial charge < -0.3 is 4.74 Å². The quantitative estimate of drug-likeness (QED) is 0.704. The second-order valence-corrected chi connectivity index (χ2v) is 4.93. The number of hydrogen-bond donors (Lipinski definition) is 0. The fraction of sp³-hybridized carbons (Fsp3) is 0.571. The summed E-state index contributed by atoms with van der Waals surface area (Å²) < 4.78 is 6.10. The van der Waals surface area contributed by atoms with E-state index in [0.717, 1.165) is 5.75 Å². The summed E-state index contributed by atoms with van der Waals surface area (Å²) >= 11 is 0. The summed E-state index contributed by atoms with van der Waals surface area (Å²) in [5.74, 6) is 1.02. The lowest BCUT2D eigenvalue weighted by Crippen LogP contribution is -2.34. The molecule has 1 aliphatic carbocycles. The number of benzene rings is 1. The van der Waals surface area contributed by atoms with Crippen LogP contribution < -0.4 is 4.74 Å². The van der Waals surface area contributed by atoms with E-state index in [1.807, 2.05) is 0 Å². The van der Waals surface area contributed by atoms with Crippen molar-refractivity contribution in [2.75, 3.05) is 0 Å². The smallest absolute Gasteiger partial charge is 0.120 e. The normalized spacial score (nSPS) is 19.9. The average molecular weight is 204 g/mol. The molecule has 1 fully saturated rings. The van der Waals surface area contributed by atoms with Gasteiger partial charge in [0.15, 0.2) is 0 Å². The van der Waals surface area contributed by atoms with Crippen LogP contribution in [0.3, 0.4) is 0 Å². The van der Waals surface area contributed by atoms with Crippen molar-refractivity contribution in [1.82, 2.24) is 0 Å². The lowest BCUT2D eigenvalue weighted by molar-refractivity contribution is 0.0487. The van der Waals surface area contributed by atoms with E-state index in [2.05, 4.69) is 38.1 Å². The minimum absolute atomic E-state index is 0.0769. The van der Waals surface area contributed by atoms with E-state index in [4.69, 9.17) is 4.74 Å². The summed E-state index contributed by atoms with van der Waals surface area (Å²) in [6, 6.07) is 8.38. The fourth-order valence-corrected chi connectivity index (χ4v) is 2.29. The highest BCUT2D eigenvalue weighted by atomic mass is 16.5. The molecule has 1 aromatic rings. The molecule has 1 aromatic carbocycles. The van der Waals surface area contributed by atoms with Gasteiger partial charge in [-0.15, -0.1) is 0 Å². The number of hydrogen-bond acceptors (Lipinski definition) is 1. The molecule has 0 amide bonds. The Hall–Kier alpha value is -0.980. The molecule has 0 atom stereocenters. The van der Waals surface area contributed by atoms with E-state index in [1.54, 1.807) is 0 Å². The number of rotatable bonds is 2. The molecule has 0 unspecified atom stereocenters. The van der Waals surface area contributed by atoms with Crippen LogP contribution in [-0.2, 0) is 0 Å². The molecule has 2 rings (SSSR count). The first-order valence-corrected chi connectivity index (χ1v) is 5.94. The van der Waals surface area contributed by atoms with Gasteiger partial charge in [0, 0.05) is 0 Å². The van der Waals surface area contributed by atoms with Gasteiger partial charge in [-0.2, -0.15) is 0 Å². The van der Waals surface area contributed by atoms with Crippen molar-refractivity contribution in [1.29, 1.82) is 0 Å². The molecule has 15 heavy (non-hydrogen) atoms. The predicted octanol–water partition coefficient (Wildman–Crippen LogP) is 4.10. The van der Waals surface area contributed by atoms with Crippen LogP contribution in [0.5, 0.6) is 5.75 Å². The van der Waals surface area contributed by atoms with Gasteiger partial charge in [0.2, 0.25) is 0 Å². The first-order chi connectivity index (χ1) is 7.18. The Morgan fingerprint density at radius 3 is 2.20 bits per heavy atom. The average Bonchev–Trinajstić information content (AvgIpc) is 2.22. The molecule has 0 radical (unpaired) electrons. The summed E-state index contributed by atoms with van der Waals surface area (Å²) in [5, 5.41) is 0. The monoisotopic (exact) mass is 204 g/mol. The van der Waals surface area contributed by atoms with E-state index < -0.39 is 0 Å². The van der Waals surface area contributed by atoms with Crippen LogP contribution in [0.25, 0.3) is 0 Å². The third kappa shape index (κ3) is 2.74. The number of aryl methyl sites for hydroxylation is 1. The van der Waals surface area contributed by atoms with Crippen molar-refractivity contribution in [3.05, 3.63) is 29.8 Å². The SMILES string of the molecule is Cc1ccc(OC2(C)CCCCC2)cc1. The molecular weight excluding hydrogens is 184 g/mol. The molecule has 0 bridgehead atoms. The van der Waals surface area contributed by atoms with Crippen molar-refractivity contribution in [2.45, 2.75) is 51.6 Å². The third-order valence-corrected chi connectivity index (χ3v) is 3.30. The van der Waals surface area contributed by atoms with E-state index in [9.17, 15) is 0 Å². The molecule has 0 aliphatic heterocycles. The van der Waals surface area contributed by atoms with Crippen LogP contribution in [0.4, 0.5) is 0 Å². The highest BCUT2D eigenvalue weighted by Gasteiger charge is 2.28. The zero-order valence-corrected chi connectivity index (χ0v) is 9.75. The first-order valence-electron chi connectivity index (χ1n) is 5.94. The van der Waals surface area contributed by atoms with Gasteiger partial charge in [0.1, 0.15) is 11.4 Å². The van der Waals surface area contributed by atoms with Gasteiger partial charge in [-0.25, -0.2) is 0 Å². The van der Waals surface area contributed by atoms with Gasteiger partial charge in [-0.1, -0.05) is 24.1 Å². The topological polar surface area (TPSA) is 9.23 Å². The maximum Gasteiger partial charge on any atom is 0.120 e. The molecule has 1 nitrogen and oxygen atoms in total. The lowest BCUT2D eigenvalue weighted by Gasteiger charge is -2.34. The second-order valence-electron chi connectivity index (χ2n) is 4.93. The fourth-order valence-electron chi connectivity index (χ4n) is 2.29. The lowest BCUT2D eigenvalue weighted by atomic mass is 9.86. The zero-order chi connectivity index (χ0) is 10.7. The maximum atomic E-state index is 6.10. The summed E-state index contributed by atoms with van der Waals surface area (Å²) in [4.78, 5) is 0. The molecule has 0 N–H and O–H groups in total. The Balaban J connectivity index is 2.03. The standard InChI is InChI=1S/C14H20O/c1-12-6-8-13(9-7-12)15-14(2)10-4-3-5-11-14/h6-9H,3-5,10-11H2,1-2H3. The molecule has 1 aliphatic rings. The Bertz CT molecular complexity index is 307. The van der Waals surface area contributed by atoms with Gasteiger partial charge in [-0.3, -0.25) is 0 Å². The van der Waals surface area contributed by atoms with E-state index >= 15 is 0 Å². The molecule has 0 aromatic heterocycles. The Labute approximate surface area is 92.5 Å². The maximum absolute atomic E-state index is 6.10. The van der Waals surface area contributed by atoms with Crippen molar-refractivity contribution in [3.63, 3.8) is 0 Å². The van der Waals surface area contributed by atoms with Crippen molar-refractivity contribution in [3.8, 4) is 5.75 Å². The second kappa shape index (κ2) is 4.26. The highest BCUT2D eigenvalue weighted by Crippen LogP contribution is 2.32. The molecule has 1 heteroatoms. The zero-order valence-electron chi connectivity index (χ0n) is 9.75. The van der Waals surface area contributed by atoms with Gasteiger partial charge in [0.25, 0.3) is 0 Å². The van der Waals surface area contributed by atoms with Gasteiger partial charge >= 0.3 is 0 Å². The van der Waals surface area contributed by atoms with Crippen LogP contribution in [-0.4, -0.2) is 5.60 Å². The Kier molecular flexibility index (Phi) is 2.99. The molecular formula is C14H20O. The summed E-state index contributed by atoms with van der Waals surface area (Å²) in [5.41, 5.74) is 1.36. The molecule has 82 valence electrons. The van der Waals surface area contributed by atoms with Crippen LogP contribution >= 0.6 is 0 Å². The van der Waals surface area contributed by atoms with Gasteiger partial charge in [0.05, 0.1) is 0 Å². The van der Waals surface area contributed by atoms with E-state index in [1.165, 1.54) is 37.7 Å². The van der Waals surface area contributed by atoms with E-state index in [0.29, 0.717) is 0 Å². The summed E-state index contributed by atoms with van der Waals surface area (Å²) in [6.07, 6.45) is 6.37. The molecule has 0 saturated heterocycles. The van der Waals surface area contributed by atoms with Crippen LogP contribution in [0.15, 0.2) is 24.3 Å². The Morgan fingerprint density at radius 1 is 1.00 bits per heavy atom. The van der Waals surface area contributed by atoms with Crippen molar-refractivity contribution >= 4 is 0 Å². The molecule has 0 spiro atoms.